The van der Waals surface area contributed by atoms with Crippen molar-refractivity contribution in [2.24, 2.45) is 0 Å². The highest BCUT2D eigenvalue weighted by Gasteiger charge is 2.22. The molecule has 0 saturated carbocycles. The molecule has 0 unspecified atom stereocenters. The number of methoxy groups -OCH3 is 1. The lowest BCUT2D eigenvalue weighted by Gasteiger charge is -2.11. The van der Waals surface area contributed by atoms with E-state index in [9.17, 15) is 18.5 Å². The van der Waals surface area contributed by atoms with Gasteiger partial charge in [0.2, 0.25) is 0 Å². The number of carbonyl (C=O) groups excluding carboxylic acids is 1. The van der Waals surface area contributed by atoms with Crippen molar-refractivity contribution in [2.45, 2.75) is 11.8 Å². The Labute approximate surface area is 168 Å². The van der Waals surface area contributed by atoms with Crippen molar-refractivity contribution in [2.75, 3.05) is 17.6 Å². The number of benzene rings is 2. The van der Waals surface area contributed by atoms with Crippen LogP contribution in [-0.2, 0) is 14.8 Å². The van der Waals surface area contributed by atoms with Crippen molar-refractivity contribution in [1.29, 1.82) is 5.26 Å². The van der Waals surface area contributed by atoms with Crippen molar-refractivity contribution in [3.8, 4) is 11.8 Å². The van der Waals surface area contributed by atoms with E-state index >= 15 is 0 Å². The quantitative estimate of drug-likeness (QED) is 0.623. The lowest BCUT2D eigenvalue weighted by Crippen LogP contribution is -2.14. The summed E-state index contributed by atoms with van der Waals surface area (Å²) in [7, 11) is -2.59. The molecule has 0 bridgehead atoms. The number of nitriles is 1. The van der Waals surface area contributed by atoms with E-state index in [2.05, 4.69) is 4.72 Å². The number of sulfonamides is 1. The summed E-state index contributed by atoms with van der Waals surface area (Å²) in [6.07, 6.45) is 1.40. The SMILES string of the molecule is COC(=O)c1c(N)c(C#N)cn1-c1ccc(S(=O)(=O)Nc2cccc(C)c2)cc1. The van der Waals surface area contributed by atoms with Crippen molar-refractivity contribution in [1.82, 2.24) is 4.57 Å². The average Bonchev–Trinajstić information content (AvgIpc) is 3.03. The summed E-state index contributed by atoms with van der Waals surface area (Å²) in [5.41, 5.74) is 7.82. The minimum Gasteiger partial charge on any atom is -0.464 e. The standard InChI is InChI=1S/C20H18N4O4S/c1-13-4-3-5-15(10-13)23-29(26,27)17-8-6-16(7-9-17)24-12-14(11-21)18(22)19(24)20(25)28-2/h3-10,12,23H,22H2,1-2H3. The Hall–Kier alpha value is -3.77. The fourth-order valence-electron chi connectivity index (χ4n) is 2.83. The van der Waals surface area contributed by atoms with Crippen LogP contribution < -0.4 is 10.5 Å². The van der Waals surface area contributed by atoms with Crippen LogP contribution in [0.3, 0.4) is 0 Å². The molecule has 0 amide bonds. The molecule has 1 aromatic heterocycles. The molecule has 29 heavy (non-hydrogen) atoms. The summed E-state index contributed by atoms with van der Waals surface area (Å²) in [5.74, 6) is -0.707. The number of anilines is 2. The van der Waals surface area contributed by atoms with Gasteiger partial charge in [-0.05, 0) is 48.9 Å². The number of hydrogen-bond donors (Lipinski definition) is 2. The van der Waals surface area contributed by atoms with Crippen LogP contribution >= 0.6 is 0 Å². The molecule has 2 aromatic carbocycles. The molecule has 3 N–H and O–H groups in total. The predicted octanol–water partition coefficient (Wildman–Crippen LogP) is 2.83. The lowest BCUT2D eigenvalue weighted by atomic mass is 10.2. The Morgan fingerprint density at radius 3 is 2.48 bits per heavy atom. The normalized spacial score (nSPS) is 10.9. The summed E-state index contributed by atoms with van der Waals surface area (Å²) < 4.78 is 33.9. The third-order valence-corrected chi connectivity index (χ3v) is 5.64. The van der Waals surface area contributed by atoms with Gasteiger partial charge in [0.05, 0.1) is 23.3 Å². The van der Waals surface area contributed by atoms with Gasteiger partial charge in [-0.15, -0.1) is 0 Å². The molecule has 0 spiro atoms. The van der Waals surface area contributed by atoms with Crippen LogP contribution in [-0.4, -0.2) is 26.1 Å². The molecule has 0 aliphatic heterocycles. The van der Waals surface area contributed by atoms with E-state index in [4.69, 9.17) is 10.5 Å². The van der Waals surface area contributed by atoms with Gasteiger partial charge in [0, 0.05) is 17.6 Å². The van der Waals surface area contributed by atoms with Gasteiger partial charge in [-0.3, -0.25) is 4.72 Å². The maximum atomic E-state index is 12.6. The predicted molar refractivity (Wildman–Crippen MR) is 108 cm³/mol. The number of nitrogens with two attached hydrogens (primary N) is 1. The van der Waals surface area contributed by atoms with Gasteiger partial charge >= 0.3 is 5.97 Å². The Morgan fingerprint density at radius 2 is 1.90 bits per heavy atom. The number of rotatable bonds is 5. The number of carbonyl (C=O) groups is 1. The average molecular weight is 410 g/mol. The van der Waals surface area contributed by atoms with Crippen molar-refractivity contribution < 1.29 is 17.9 Å². The van der Waals surface area contributed by atoms with E-state index in [1.165, 1.54) is 42.1 Å². The molecule has 3 rings (SSSR count). The van der Waals surface area contributed by atoms with Crippen molar-refractivity contribution >= 4 is 27.4 Å². The largest absolute Gasteiger partial charge is 0.464 e. The molecular weight excluding hydrogens is 392 g/mol. The van der Waals surface area contributed by atoms with Crippen molar-refractivity contribution in [3.63, 3.8) is 0 Å². The first-order valence-corrected chi connectivity index (χ1v) is 9.94. The highest BCUT2D eigenvalue weighted by molar-refractivity contribution is 7.92. The Bertz CT molecular complexity index is 1220. The second-order valence-electron chi connectivity index (χ2n) is 6.25. The highest BCUT2D eigenvalue weighted by Crippen LogP contribution is 2.26. The molecule has 3 aromatic rings. The first-order valence-electron chi connectivity index (χ1n) is 8.46. The topological polar surface area (TPSA) is 127 Å². The third-order valence-electron chi connectivity index (χ3n) is 4.24. The first kappa shape index (κ1) is 20.0. The van der Waals surface area contributed by atoms with E-state index < -0.39 is 16.0 Å². The minimum atomic E-state index is -3.80. The van der Waals surface area contributed by atoms with Gasteiger partial charge < -0.3 is 15.0 Å². The molecule has 8 nitrogen and oxygen atoms in total. The fraction of sp³-hybridized carbons (Fsp3) is 0.100. The second kappa shape index (κ2) is 7.69. The number of nitrogens with zero attached hydrogens (tertiary/aromatic N) is 2. The smallest absolute Gasteiger partial charge is 0.357 e. The van der Waals surface area contributed by atoms with Gasteiger partial charge in [0.1, 0.15) is 6.07 Å². The zero-order valence-electron chi connectivity index (χ0n) is 15.7. The Balaban J connectivity index is 1.97. The molecule has 148 valence electrons. The van der Waals surface area contributed by atoms with Crippen LogP contribution in [0.1, 0.15) is 21.6 Å². The number of nitrogens with one attached hydrogen (secondary N) is 1. The molecule has 0 fully saturated rings. The summed E-state index contributed by atoms with van der Waals surface area (Å²) >= 11 is 0. The number of hydrogen-bond acceptors (Lipinski definition) is 6. The van der Waals surface area contributed by atoms with Gasteiger partial charge in [-0.2, -0.15) is 5.26 Å². The van der Waals surface area contributed by atoms with Crippen LogP contribution in [0.15, 0.2) is 59.6 Å². The summed E-state index contributed by atoms with van der Waals surface area (Å²) in [4.78, 5) is 12.1. The van der Waals surface area contributed by atoms with Gasteiger partial charge in [-0.25, -0.2) is 13.2 Å². The lowest BCUT2D eigenvalue weighted by molar-refractivity contribution is 0.0593. The van der Waals surface area contributed by atoms with Gasteiger partial charge in [0.15, 0.2) is 5.69 Å². The van der Waals surface area contributed by atoms with Crippen LogP contribution in [0, 0.1) is 18.3 Å². The maximum Gasteiger partial charge on any atom is 0.357 e. The van der Waals surface area contributed by atoms with E-state index in [0.29, 0.717) is 11.4 Å². The van der Waals surface area contributed by atoms with E-state index in [1.807, 2.05) is 19.1 Å². The highest BCUT2D eigenvalue weighted by atomic mass is 32.2. The first-order chi connectivity index (χ1) is 13.8. The Kier molecular flexibility index (Phi) is 5.30. The molecule has 0 radical (unpaired) electrons. The zero-order valence-corrected chi connectivity index (χ0v) is 16.5. The molecule has 0 aliphatic rings. The molecule has 1 heterocycles. The van der Waals surface area contributed by atoms with E-state index in [1.54, 1.807) is 18.2 Å². The molecule has 9 heteroatoms. The molecule has 0 aliphatic carbocycles. The number of aryl methyl sites for hydroxylation is 1. The Morgan fingerprint density at radius 1 is 1.21 bits per heavy atom. The number of aromatic nitrogens is 1. The van der Waals surface area contributed by atoms with E-state index in [-0.39, 0.29) is 21.8 Å². The van der Waals surface area contributed by atoms with E-state index in [0.717, 1.165) is 5.56 Å². The van der Waals surface area contributed by atoms with Gasteiger partial charge in [0.25, 0.3) is 10.0 Å². The molecular formula is C20H18N4O4S. The second-order valence-corrected chi connectivity index (χ2v) is 7.93. The minimum absolute atomic E-state index is 0.00228. The number of ether oxygens (including phenoxy) is 1. The van der Waals surface area contributed by atoms with Crippen LogP contribution in [0.4, 0.5) is 11.4 Å². The number of esters is 1. The molecule has 0 atom stereocenters. The summed E-state index contributed by atoms with van der Waals surface area (Å²) in [6.45, 7) is 1.86. The fourth-order valence-corrected chi connectivity index (χ4v) is 3.88. The van der Waals surface area contributed by atoms with Gasteiger partial charge in [-0.1, -0.05) is 12.1 Å². The maximum absolute atomic E-state index is 12.6. The van der Waals surface area contributed by atoms with Crippen LogP contribution in [0.2, 0.25) is 0 Å². The summed E-state index contributed by atoms with van der Waals surface area (Å²) in [5, 5.41) is 9.18. The monoisotopic (exact) mass is 410 g/mol. The number of nitrogen functional groups attached to an aromatic ring is 1. The van der Waals surface area contributed by atoms with Crippen LogP contribution in [0.25, 0.3) is 5.69 Å². The summed E-state index contributed by atoms with van der Waals surface area (Å²) in [6, 6.07) is 14.7. The molecule has 0 saturated heterocycles. The third kappa shape index (κ3) is 3.93. The zero-order chi connectivity index (χ0) is 21.2. The van der Waals surface area contributed by atoms with Crippen molar-refractivity contribution in [3.05, 3.63) is 71.5 Å². The van der Waals surface area contributed by atoms with Crippen LogP contribution in [0.5, 0.6) is 0 Å².